The first kappa shape index (κ1) is 23.2. The molecule has 1 aliphatic rings. The molecule has 1 saturated heterocycles. The number of halogens is 3. The molecule has 2 N–H and O–H groups in total. The van der Waals surface area contributed by atoms with Crippen LogP contribution in [0.4, 0.5) is 5.69 Å². The molecule has 0 bridgehead atoms. The summed E-state index contributed by atoms with van der Waals surface area (Å²) < 4.78 is 5.77. The normalized spacial score (nSPS) is 13.9. The quantitative estimate of drug-likeness (QED) is 0.429. The highest BCUT2D eigenvalue weighted by molar-refractivity contribution is 6.42. The van der Waals surface area contributed by atoms with Crippen LogP contribution in [0.25, 0.3) is 10.9 Å². The number of esters is 1. The predicted molar refractivity (Wildman–Crippen MR) is 129 cm³/mol. The van der Waals surface area contributed by atoms with Crippen LogP contribution in [0.5, 0.6) is 0 Å². The number of hydrogen-bond donors (Lipinski definition) is 1. The fraction of sp³-hybridized carbons (Fsp3) is 0.227. The fourth-order valence-electron chi connectivity index (χ4n) is 3.93. The Labute approximate surface area is 203 Å². The molecule has 172 valence electrons. The minimum atomic E-state index is -0.801. The first-order chi connectivity index (χ1) is 15.7. The van der Waals surface area contributed by atoms with Crippen molar-refractivity contribution in [1.82, 2.24) is 9.58 Å². The molecule has 1 amide bonds. The van der Waals surface area contributed by atoms with Crippen LogP contribution in [-0.2, 0) is 4.74 Å². The van der Waals surface area contributed by atoms with Gasteiger partial charge in [-0.3, -0.25) is 9.59 Å². The molecule has 0 atom stereocenters. The molecule has 0 saturated carbocycles. The lowest BCUT2D eigenvalue weighted by Gasteiger charge is -2.37. The van der Waals surface area contributed by atoms with E-state index in [9.17, 15) is 14.4 Å². The number of amides is 1. The van der Waals surface area contributed by atoms with Gasteiger partial charge in [0.05, 0.1) is 28.4 Å². The number of hydrogen-bond acceptors (Lipinski definition) is 6. The van der Waals surface area contributed by atoms with Gasteiger partial charge in [-0.15, -0.1) is 0 Å². The van der Waals surface area contributed by atoms with Gasteiger partial charge >= 0.3 is 5.97 Å². The Morgan fingerprint density at radius 3 is 2.30 bits per heavy atom. The van der Waals surface area contributed by atoms with Gasteiger partial charge in [-0.2, -0.15) is 0 Å². The van der Waals surface area contributed by atoms with Crippen molar-refractivity contribution in [2.75, 3.05) is 44.0 Å². The van der Waals surface area contributed by atoms with Crippen molar-refractivity contribution >= 4 is 63.3 Å². The number of anilines is 1. The van der Waals surface area contributed by atoms with E-state index >= 15 is 0 Å². The number of ether oxygens (including phenoxy) is 1. The van der Waals surface area contributed by atoms with Gasteiger partial charge in [0, 0.05) is 42.2 Å². The number of nitrogens with two attached hydrogens (primary N) is 1. The third-order valence-electron chi connectivity index (χ3n) is 5.58. The van der Waals surface area contributed by atoms with Crippen LogP contribution < -0.4 is 16.3 Å². The summed E-state index contributed by atoms with van der Waals surface area (Å²) in [6.07, 6.45) is 0. The number of pyridine rings is 1. The van der Waals surface area contributed by atoms with Gasteiger partial charge in [0.2, 0.25) is 0 Å². The lowest BCUT2D eigenvalue weighted by atomic mass is 10.1. The second kappa shape index (κ2) is 9.13. The first-order valence-corrected chi connectivity index (χ1v) is 11.1. The Kier molecular flexibility index (Phi) is 6.43. The van der Waals surface area contributed by atoms with Crippen LogP contribution in [-0.4, -0.2) is 54.7 Å². The highest BCUT2D eigenvalue weighted by Gasteiger charge is 2.30. The number of nitrogen functional groups attached to an aromatic ring is 1. The molecule has 4 rings (SSSR count). The van der Waals surface area contributed by atoms with Crippen LogP contribution in [0.3, 0.4) is 0 Å². The molecule has 3 aromatic rings. The van der Waals surface area contributed by atoms with Crippen molar-refractivity contribution in [3.63, 3.8) is 0 Å². The molecule has 0 aliphatic carbocycles. The number of rotatable bonds is 3. The van der Waals surface area contributed by atoms with Crippen molar-refractivity contribution in [1.29, 1.82) is 0 Å². The first-order valence-electron chi connectivity index (χ1n) is 9.94. The fourth-order valence-corrected chi connectivity index (χ4v) is 4.40. The minimum absolute atomic E-state index is 0.181. The van der Waals surface area contributed by atoms with E-state index in [1.807, 2.05) is 4.90 Å². The van der Waals surface area contributed by atoms with Gasteiger partial charge in [0.1, 0.15) is 0 Å². The van der Waals surface area contributed by atoms with Crippen LogP contribution >= 0.6 is 34.8 Å². The maximum absolute atomic E-state index is 12.9. The summed E-state index contributed by atoms with van der Waals surface area (Å²) in [5, 5.41) is 1.63. The molecule has 1 fully saturated rings. The molecule has 0 unspecified atom stereocenters. The Bertz CT molecular complexity index is 1330. The zero-order valence-electron chi connectivity index (χ0n) is 17.5. The van der Waals surface area contributed by atoms with Gasteiger partial charge in [-0.05, 0) is 36.4 Å². The maximum Gasteiger partial charge on any atom is 0.345 e. The molecular weight excluding hydrogens is 491 g/mol. The van der Waals surface area contributed by atoms with E-state index in [4.69, 9.17) is 45.4 Å². The average Bonchev–Trinajstić information content (AvgIpc) is 2.82. The van der Waals surface area contributed by atoms with Crippen LogP contribution in [0.1, 0.15) is 20.7 Å². The standard InChI is InChI=1S/C22H19Cl3N4O4/c1-33-22(32)18-19(14-11-13(23)3-5-17(14)29(26)21(18)31)27-6-8-28(9-7-27)20(30)12-2-4-15(24)16(25)10-12/h2-5,10-11H,6-9,26H2,1H3. The molecule has 33 heavy (non-hydrogen) atoms. The third kappa shape index (κ3) is 4.21. The van der Waals surface area contributed by atoms with Gasteiger partial charge in [0.15, 0.2) is 5.56 Å². The number of benzene rings is 2. The maximum atomic E-state index is 12.9. The number of nitrogens with zero attached hydrogens (tertiary/aromatic N) is 3. The Morgan fingerprint density at radius 1 is 0.970 bits per heavy atom. The second-order valence-corrected chi connectivity index (χ2v) is 8.71. The zero-order chi connectivity index (χ0) is 23.9. The molecule has 2 heterocycles. The Morgan fingerprint density at radius 2 is 1.67 bits per heavy atom. The summed E-state index contributed by atoms with van der Waals surface area (Å²) in [5.41, 5.74) is 0.366. The van der Waals surface area contributed by atoms with Crippen molar-refractivity contribution in [2.45, 2.75) is 0 Å². The van der Waals surface area contributed by atoms with Crippen LogP contribution in [0.15, 0.2) is 41.2 Å². The van der Waals surface area contributed by atoms with E-state index < -0.39 is 11.5 Å². The smallest absolute Gasteiger partial charge is 0.345 e. The lowest BCUT2D eigenvalue weighted by Crippen LogP contribution is -2.50. The van der Waals surface area contributed by atoms with Gasteiger partial charge in [0.25, 0.3) is 11.5 Å². The average molecular weight is 510 g/mol. The topological polar surface area (TPSA) is 97.9 Å². The van der Waals surface area contributed by atoms with Crippen molar-refractivity contribution in [3.8, 4) is 0 Å². The molecule has 2 aromatic carbocycles. The Hall–Kier alpha value is -2.94. The molecule has 0 radical (unpaired) electrons. The third-order valence-corrected chi connectivity index (χ3v) is 6.56. The number of carbonyl (C=O) groups excluding carboxylic acids is 2. The van der Waals surface area contributed by atoms with E-state index in [2.05, 4.69) is 0 Å². The summed E-state index contributed by atoms with van der Waals surface area (Å²) in [7, 11) is 1.20. The number of piperazine rings is 1. The Balaban J connectivity index is 1.70. The van der Waals surface area contributed by atoms with E-state index in [1.54, 1.807) is 35.2 Å². The molecule has 1 aliphatic heterocycles. The van der Waals surface area contributed by atoms with Crippen molar-refractivity contribution < 1.29 is 14.3 Å². The SMILES string of the molecule is COC(=O)c1c(N2CCN(C(=O)c3ccc(Cl)c(Cl)c3)CC2)c2cc(Cl)ccc2n(N)c1=O. The van der Waals surface area contributed by atoms with Crippen LogP contribution in [0.2, 0.25) is 15.1 Å². The second-order valence-electron chi connectivity index (χ2n) is 7.46. The number of fused-ring (bicyclic) bond motifs is 1. The highest BCUT2D eigenvalue weighted by atomic mass is 35.5. The summed E-state index contributed by atoms with van der Waals surface area (Å²) in [4.78, 5) is 42.0. The van der Waals surface area contributed by atoms with E-state index in [1.165, 1.54) is 13.2 Å². The van der Waals surface area contributed by atoms with Crippen molar-refractivity contribution in [3.05, 3.63) is 72.9 Å². The van der Waals surface area contributed by atoms with Gasteiger partial charge in [-0.25, -0.2) is 9.47 Å². The van der Waals surface area contributed by atoms with E-state index in [0.29, 0.717) is 63.4 Å². The monoisotopic (exact) mass is 508 g/mol. The van der Waals surface area contributed by atoms with Crippen molar-refractivity contribution in [2.24, 2.45) is 0 Å². The van der Waals surface area contributed by atoms with E-state index in [-0.39, 0.29) is 11.5 Å². The van der Waals surface area contributed by atoms with Crippen LogP contribution in [0, 0.1) is 0 Å². The minimum Gasteiger partial charge on any atom is -0.465 e. The largest absolute Gasteiger partial charge is 0.465 e. The molecular formula is C22H19Cl3N4O4. The van der Waals surface area contributed by atoms with Gasteiger partial charge in [-0.1, -0.05) is 34.8 Å². The predicted octanol–water partition coefficient (Wildman–Crippen LogP) is 3.42. The number of carbonyl (C=O) groups is 2. The van der Waals surface area contributed by atoms with E-state index in [0.717, 1.165) is 4.68 Å². The number of aromatic nitrogens is 1. The highest BCUT2D eigenvalue weighted by Crippen LogP contribution is 2.32. The summed E-state index contributed by atoms with van der Waals surface area (Å²) in [6, 6.07) is 9.61. The summed E-state index contributed by atoms with van der Waals surface area (Å²) in [6.45, 7) is 1.44. The molecule has 11 heteroatoms. The summed E-state index contributed by atoms with van der Waals surface area (Å²) >= 11 is 18.2. The molecule has 0 spiro atoms. The van der Waals surface area contributed by atoms with Gasteiger partial charge < -0.3 is 20.4 Å². The lowest BCUT2D eigenvalue weighted by molar-refractivity contribution is 0.0597. The zero-order valence-corrected chi connectivity index (χ0v) is 19.7. The molecule has 1 aromatic heterocycles. The molecule has 8 nitrogen and oxygen atoms in total. The summed E-state index contributed by atoms with van der Waals surface area (Å²) in [5.74, 6) is 4.98. The number of methoxy groups -OCH3 is 1.